The number of nitrogens with zero attached hydrogens (tertiary/aromatic N) is 1. The lowest BCUT2D eigenvalue weighted by Gasteiger charge is -2.28. The molecule has 10 aromatic carbocycles. The topological polar surface area (TPSA) is 3.24 Å². The van der Waals surface area contributed by atoms with Crippen molar-refractivity contribution in [3.8, 4) is 55.6 Å². The van der Waals surface area contributed by atoms with E-state index in [4.69, 9.17) is 0 Å². The van der Waals surface area contributed by atoms with Crippen molar-refractivity contribution >= 4 is 59.3 Å². The minimum atomic E-state index is 1.10. The normalized spacial score (nSPS) is 11.3. The summed E-state index contributed by atoms with van der Waals surface area (Å²) in [6.45, 7) is 0. The number of hydrogen-bond donors (Lipinski definition) is 0. The van der Waals surface area contributed by atoms with Crippen molar-refractivity contribution in [1.29, 1.82) is 0 Å². The van der Waals surface area contributed by atoms with Gasteiger partial charge in [-0.15, -0.1) is 11.3 Å². The Hall–Kier alpha value is -7.52. The Bertz CT molecular complexity index is 3270. The lowest BCUT2D eigenvalue weighted by atomic mass is 9.97. The molecule has 2 heteroatoms. The molecule has 0 saturated heterocycles. The summed E-state index contributed by atoms with van der Waals surface area (Å²) in [4.78, 5) is 2.40. The molecular formula is C58H39NS. The van der Waals surface area contributed by atoms with Crippen LogP contribution < -0.4 is 4.90 Å². The maximum absolute atomic E-state index is 2.40. The first-order chi connectivity index (χ1) is 29.7. The predicted octanol–water partition coefficient (Wildman–Crippen LogP) is 17.0. The van der Waals surface area contributed by atoms with Gasteiger partial charge in [0, 0.05) is 37.1 Å². The summed E-state index contributed by atoms with van der Waals surface area (Å²) in [6, 6.07) is 86.1. The molecule has 0 spiro atoms. The Kier molecular flexibility index (Phi) is 9.11. The second-order valence-electron chi connectivity index (χ2n) is 15.3. The lowest BCUT2D eigenvalue weighted by molar-refractivity contribution is 1.28. The average Bonchev–Trinajstić information content (AvgIpc) is 3.71. The summed E-state index contributed by atoms with van der Waals surface area (Å²) in [5.74, 6) is 0. The third-order valence-electron chi connectivity index (χ3n) is 11.7. The quantitative estimate of drug-likeness (QED) is 0.148. The molecule has 1 aromatic heterocycles. The van der Waals surface area contributed by atoms with E-state index in [1.165, 1.54) is 86.6 Å². The number of anilines is 3. The maximum atomic E-state index is 2.40. The Labute approximate surface area is 354 Å². The zero-order chi connectivity index (χ0) is 39.8. The number of hydrogen-bond acceptors (Lipinski definition) is 2. The first-order valence-corrected chi connectivity index (χ1v) is 21.3. The predicted molar refractivity (Wildman–Crippen MR) is 259 cm³/mol. The SMILES string of the molecule is c1ccc(-c2ccc(-c3ccc(N(c4ccc(-c5ccc(-c6ccc7ccccc7c6)cc5)cc4)c4ccccc4-c4ccc5sc6ccccc6c5c4)cc3)cc2)cc1. The molecule has 0 fully saturated rings. The maximum Gasteiger partial charge on any atom is 0.0540 e. The molecule has 60 heavy (non-hydrogen) atoms. The lowest BCUT2D eigenvalue weighted by Crippen LogP contribution is -2.11. The highest BCUT2D eigenvalue weighted by Gasteiger charge is 2.18. The van der Waals surface area contributed by atoms with E-state index in [0.717, 1.165) is 17.1 Å². The molecule has 11 rings (SSSR count). The van der Waals surface area contributed by atoms with Crippen molar-refractivity contribution in [2.75, 3.05) is 4.90 Å². The first-order valence-electron chi connectivity index (χ1n) is 20.5. The van der Waals surface area contributed by atoms with Crippen molar-refractivity contribution in [2.45, 2.75) is 0 Å². The van der Waals surface area contributed by atoms with Gasteiger partial charge in [0.05, 0.1) is 5.69 Å². The summed E-state index contributed by atoms with van der Waals surface area (Å²) in [5.41, 5.74) is 15.3. The molecule has 11 aromatic rings. The Morgan fingerprint density at radius 1 is 0.267 bits per heavy atom. The van der Waals surface area contributed by atoms with E-state index in [0.29, 0.717) is 0 Å². The van der Waals surface area contributed by atoms with Crippen LogP contribution in [0.5, 0.6) is 0 Å². The molecule has 0 atom stereocenters. The first kappa shape index (κ1) is 35.6. The van der Waals surface area contributed by atoms with Gasteiger partial charge in [0.2, 0.25) is 0 Å². The van der Waals surface area contributed by atoms with Crippen LogP contribution >= 0.6 is 11.3 Å². The van der Waals surface area contributed by atoms with Crippen LogP contribution in [0.4, 0.5) is 17.1 Å². The third-order valence-corrected chi connectivity index (χ3v) is 12.9. The number of benzene rings is 10. The van der Waals surface area contributed by atoms with Crippen LogP contribution in [0.1, 0.15) is 0 Å². The smallest absolute Gasteiger partial charge is 0.0540 e. The molecule has 0 unspecified atom stereocenters. The van der Waals surface area contributed by atoms with Gasteiger partial charge < -0.3 is 4.90 Å². The summed E-state index contributed by atoms with van der Waals surface area (Å²) in [6.07, 6.45) is 0. The highest BCUT2D eigenvalue weighted by molar-refractivity contribution is 7.25. The summed E-state index contributed by atoms with van der Waals surface area (Å²) in [5, 5.41) is 5.13. The molecule has 282 valence electrons. The molecule has 0 aliphatic carbocycles. The van der Waals surface area contributed by atoms with E-state index in [2.05, 4.69) is 241 Å². The van der Waals surface area contributed by atoms with E-state index in [-0.39, 0.29) is 0 Å². The van der Waals surface area contributed by atoms with E-state index in [9.17, 15) is 0 Å². The summed E-state index contributed by atoms with van der Waals surface area (Å²) in [7, 11) is 0. The van der Waals surface area contributed by atoms with Gasteiger partial charge in [-0.05, 0) is 115 Å². The Balaban J connectivity index is 0.962. The summed E-state index contributed by atoms with van der Waals surface area (Å²) >= 11 is 1.86. The van der Waals surface area contributed by atoms with Gasteiger partial charge in [-0.2, -0.15) is 0 Å². The van der Waals surface area contributed by atoms with Crippen LogP contribution in [-0.4, -0.2) is 0 Å². The number of rotatable bonds is 8. The van der Waals surface area contributed by atoms with Gasteiger partial charge in [0.25, 0.3) is 0 Å². The fourth-order valence-corrected chi connectivity index (χ4v) is 9.64. The zero-order valence-electron chi connectivity index (χ0n) is 32.9. The third kappa shape index (κ3) is 6.73. The second kappa shape index (κ2) is 15.3. The van der Waals surface area contributed by atoms with Crippen molar-refractivity contribution in [3.63, 3.8) is 0 Å². The van der Waals surface area contributed by atoms with E-state index < -0.39 is 0 Å². The number of fused-ring (bicyclic) bond motifs is 4. The number of para-hydroxylation sites is 1. The monoisotopic (exact) mass is 781 g/mol. The van der Waals surface area contributed by atoms with Crippen LogP contribution in [-0.2, 0) is 0 Å². The standard InChI is InChI=1S/C58H39NS/c1-2-10-40(11-3-1)42-18-20-43(21-19-42)45-28-33-51(34-29-45)59(56-16-8-6-14-53(56)50-32-37-58-55(39-50)54-15-7-9-17-57(54)60-58)52-35-30-46(31-36-52)44-22-24-47(25-23-44)49-27-26-41-12-4-5-13-48(41)38-49/h1-39H. The van der Waals surface area contributed by atoms with Crippen molar-refractivity contribution in [1.82, 2.24) is 0 Å². The molecule has 1 nitrogen and oxygen atoms in total. The minimum absolute atomic E-state index is 1.10. The molecule has 0 amide bonds. The van der Waals surface area contributed by atoms with Gasteiger partial charge in [0.15, 0.2) is 0 Å². The molecule has 0 N–H and O–H groups in total. The van der Waals surface area contributed by atoms with Crippen LogP contribution in [0.3, 0.4) is 0 Å². The van der Waals surface area contributed by atoms with Gasteiger partial charge in [-0.3, -0.25) is 0 Å². The highest BCUT2D eigenvalue weighted by atomic mass is 32.1. The van der Waals surface area contributed by atoms with Gasteiger partial charge in [-0.1, -0.05) is 182 Å². The summed E-state index contributed by atoms with van der Waals surface area (Å²) < 4.78 is 2.63. The van der Waals surface area contributed by atoms with Crippen molar-refractivity contribution in [3.05, 3.63) is 237 Å². The minimum Gasteiger partial charge on any atom is -0.310 e. The van der Waals surface area contributed by atoms with Crippen molar-refractivity contribution in [2.24, 2.45) is 0 Å². The zero-order valence-corrected chi connectivity index (χ0v) is 33.7. The van der Waals surface area contributed by atoms with Gasteiger partial charge >= 0.3 is 0 Å². The second-order valence-corrected chi connectivity index (χ2v) is 16.4. The molecule has 1 heterocycles. The van der Waals surface area contributed by atoms with E-state index in [1.54, 1.807) is 0 Å². The van der Waals surface area contributed by atoms with Crippen molar-refractivity contribution < 1.29 is 0 Å². The van der Waals surface area contributed by atoms with Crippen LogP contribution in [0, 0.1) is 0 Å². The van der Waals surface area contributed by atoms with E-state index >= 15 is 0 Å². The fourth-order valence-electron chi connectivity index (χ4n) is 8.55. The van der Waals surface area contributed by atoms with Crippen LogP contribution in [0.25, 0.3) is 86.6 Å². The van der Waals surface area contributed by atoms with Crippen LogP contribution in [0.2, 0.25) is 0 Å². The van der Waals surface area contributed by atoms with Crippen LogP contribution in [0.15, 0.2) is 237 Å². The number of thiophene rings is 1. The molecule has 0 saturated carbocycles. The molecule has 0 bridgehead atoms. The molecule has 0 radical (unpaired) electrons. The van der Waals surface area contributed by atoms with Gasteiger partial charge in [-0.25, -0.2) is 0 Å². The molecular weight excluding hydrogens is 743 g/mol. The Morgan fingerprint density at radius 3 is 1.37 bits per heavy atom. The fraction of sp³-hybridized carbons (Fsp3) is 0. The molecule has 0 aliphatic heterocycles. The largest absolute Gasteiger partial charge is 0.310 e. The van der Waals surface area contributed by atoms with Gasteiger partial charge in [0.1, 0.15) is 0 Å². The average molecular weight is 782 g/mol. The highest BCUT2D eigenvalue weighted by Crippen LogP contribution is 2.44. The van der Waals surface area contributed by atoms with E-state index in [1.807, 2.05) is 11.3 Å². The molecule has 0 aliphatic rings. The Morgan fingerprint density at radius 2 is 0.717 bits per heavy atom.